The minimum atomic E-state index is -0.717. The van der Waals surface area contributed by atoms with Crippen molar-refractivity contribution in [1.82, 2.24) is 5.43 Å². The Kier molecular flexibility index (Phi) is 5.73. The van der Waals surface area contributed by atoms with E-state index in [1.54, 1.807) is 6.07 Å². The normalized spacial score (nSPS) is 10.6. The summed E-state index contributed by atoms with van der Waals surface area (Å²) in [5.74, 6) is -0.379. The standard InChI is InChI=1S/C15H11Cl2N3O4/c1-24-14-9(6-10(16)7-12(14)17)8-18-19-15(21)11-4-2-3-5-13(11)20(22)23/h2-8H,1H3,(H,19,21)/b18-8-. The maximum absolute atomic E-state index is 12.0. The van der Waals surface area contributed by atoms with Crippen LogP contribution in [0.5, 0.6) is 5.75 Å². The summed E-state index contributed by atoms with van der Waals surface area (Å²) < 4.78 is 5.14. The summed E-state index contributed by atoms with van der Waals surface area (Å²) in [6, 6.07) is 8.61. The highest BCUT2D eigenvalue weighted by Crippen LogP contribution is 2.31. The molecule has 0 radical (unpaired) electrons. The molecule has 0 saturated carbocycles. The van der Waals surface area contributed by atoms with E-state index < -0.39 is 10.8 Å². The van der Waals surface area contributed by atoms with E-state index in [9.17, 15) is 14.9 Å². The topological polar surface area (TPSA) is 93.8 Å². The van der Waals surface area contributed by atoms with E-state index in [1.807, 2.05) is 0 Å². The van der Waals surface area contributed by atoms with Crippen LogP contribution < -0.4 is 10.2 Å². The number of ether oxygens (including phenoxy) is 1. The highest BCUT2D eigenvalue weighted by Gasteiger charge is 2.18. The molecule has 1 N–H and O–H groups in total. The Morgan fingerprint density at radius 3 is 2.71 bits per heavy atom. The number of hydrazone groups is 1. The van der Waals surface area contributed by atoms with Gasteiger partial charge in [-0.25, -0.2) is 5.43 Å². The maximum Gasteiger partial charge on any atom is 0.282 e. The second kappa shape index (κ2) is 7.76. The fourth-order valence-electron chi connectivity index (χ4n) is 1.94. The van der Waals surface area contributed by atoms with Crippen LogP contribution in [0.3, 0.4) is 0 Å². The molecule has 2 aromatic rings. The van der Waals surface area contributed by atoms with E-state index in [0.717, 1.165) is 0 Å². The van der Waals surface area contributed by atoms with Gasteiger partial charge in [0, 0.05) is 16.7 Å². The fourth-order valence-corrected chi connectivity index (χ4v) is 2.52. The van der Waals surface area contributed by atoms with Gasteiger partial charge in [-0.15, -0.1) is 0 Å². The number of hydrogen-bond donors (Lipinski definition) is 1. The largest absolute Gasteiger partial charge is 0.495 e. The van der Waals surface area contributed by atoms with Gasteiger partial charge >= 0.3 is 0 Å². The van der Waals surface area contributed by atoms with Crippen LogP contribution in [0.25, 0.3) is 0 Å². The van der Waals surface area contributed by atoms with Gasteiger partial charge in [-0.1, -0.05) is 35.3 Å². The van der Waals surface area contributed by atoms with Crippen molar-refractivity contribution in [3.8, 4) is 5.75 Å². The number of carbonyl (C=O) groups is 1. The van der Waals surface area contributed by atoms with Crippen LogP contribution in [0.2, 0.25) is 10.0 Å². The molecule has 0 aliphatic rings. The van der Waals surface area contributed by atoms with Crippen molar-refractivity contribution < 1.29 is 14.5 Å². The molecule has 0 saturated heterocycles. The summed E-state index contributed by atoms with van der Waals surface area (Å²) >= 11 is 11.9. The van der Waals surface area contributed by atoms with Gasteiger partial charge in [0.25, 0.3) is 11.6 Å². The number of hydrogen-bond acceptors (Lipinski definition) is 5. The fraction of sp³-hybridized carbons (Fsp3) is 0.0667. The monoisotopic (exact) mass is 367 g/mol. The van der Waals surface area contributed by atoms with Gasteiger partial charge in [0.1, 0.15) is 11.3 Å². The number of benzene rings is 2. The Balaban J connectivity index is 2.21. The highest BCUT2D eigenvalue weighted by molar-refractivity contribution is 6.36. The molecule has 0 heterocycles. The van der Waals surface area contributed by atoms with E-state index in [2.05, 4.69) is 10.5 Å². The number of para-hydroxylation sites is 1. The first-order chi connectivity index (χ1) is 11.4. The Labute approximate surface area is 147 Å². The third-order valence-electron chi connectivity index (χ3n) is 2.96. The third kappa shape index (κ3) is 4.01. The number of methoxy groups -OCH3 is 1. The van der Waals surface area contributed by atoms with E-state index in [-0.39, 0.29) is 16.3 Å². The van der Waals surface area contributed by atoms with Crippen LogP contribution in [-0.2, 0) is 0 Å². The third-order valence-corrected chi connectivity index (χ3v) is 3.46. The first-order valence-corrected chi connectivity index (χ1v) is 7.29. The molecule has 7 nitrogen and oxygen atoms in total. The first-order valence-electron chi connectivity index (χ1n) is 6.54. The summed E-state index contributed by atoms with van der Waals surface area (Å²) in [6.45, 7) is 0. The zero-order chi connectivity index (χ0) is 17.7. The van der Waals surface area contributed by atoms with Crippen molar-refractivity contribution in [3.63, 3.8) is 0 Å². The van der Waals surface area contributed by atoms with Gasteiger partial charge in [-0.3, -0.25) is 14.9 Å². The SMILES string of the molecule is COc1c(Cl)cc(Cl)cc1/C=N\NC(=O)c1ccccc1[N+](=O)[O-]. The quantitative estimate of drug-likeness (QED) is 0.495. The summed E-state index contributed by atoms with van der Waals surface area (Å²) in [5.41, 5.74) is 2.25. The van der Waals surface area contributed by atoms with Crippen LogP contribution >= 0.6 is 23.2 Å². The minimum Gasteiger partial charge on any atom is -0.495 e. The van der Waals surface area contributed by atoms with Crippen molar-refractivity contribution in [1.29, 1.82) is 0 Å². The lowest BCUT2D eigenvalue weighted by molar-refractivity contribution is -0.385. The van der Waals surface area contributed by atoms with Crippen molar-refractivity contribution in [2.45, 2.75) is 0 Å². The molecule has 0 aliphatic heterocycles. The average molecular weight is 368 g/mol. The Bertz CT molecular complexity index is 824. The van der Waals surface area contributed by atoms with E-state index in [1.165, 1.54) is 43.7 Å². The number of carbonyl (C=O) groups excluding carboxylic acids is 1. The Morgan fingerprint density at radius 1 is 1.33 bits per heavy atom. The average Bonchev–Trinajstić information content (AvgIpc) is 2.54. The first kappa shape index (κ1) is 17.7. The van der Waals surface area contributed by atoms with Crippen LogP contribution in [0.1, 0.15) is 15.9 Å². The molecule has 24 heavy (non-hydrogen) atoms. The van der Waals surface area contributed by atoms with Gasteiger partial charge < -0.3 is 4.74 Å². The molecular weight excluding hydrogens is 357 g/mol. The summed E-state index contributed by atoms with van der Waals surface area (Å²) in [6.07, 6.45) is 1.28. The molecular formula is C15H11Cl2N3O4. The number of rotatable bonds is 5. The minimum absolute atomic E-state index is 0.101. The maximum atomic E-state index is 12.0. The van der Waals surface area contributed by atoms with Gasteiger partial charge in [0.05, 0.1) is 23.3 Å². The Hall–Kier alpha value is -2.64. The smallest absolute Gasteiger partial charge is 0.282 e. The van der Waals surface area contributed by atoms with E-state index in [0.29, 0.717) is 16.3 Å². The number of nitrogens with one attached hydrogen (secondary N) is 1. The zero-order valence-electron chi connectivity index (χ0n) is 12.3. The number of halogens is 2. The van der Waals surface area contributed by atoms with Crippen LogP contribution in [0, 0.1) is 10.1 Å². The highest BCUT2D eigenvalue weighted by atomic mass is 35.5. The molecule has 2 rings (SSSR count). The van der Waals surface area contributed by atoms with Gasteiger partial charge in [0.2, 0.25) is 0 Å². The number of nitrogens with zero attached hydrogens (tertiary/aromatic N) is 2. The molecule has 0 atom stereocenters. The molecule has 2 aromatic carbocycles. The lowest BCUT2D eigenvalue weighted by Gasteiger charge is -2.07. The molecule has 0 unspecified atom stereocenters. The van der Waals surface area contributed by atoms with Crippen molar-refractivity contribution >= 4 is 41.0 Å². The number of amides is 1. The van der Waals surface area contributed by atoms with Gasteiger partial charge in [-0.05, 0) is 18.2 Å². The molecule has 0 bridgehead atoms. The van der Waals surface area contributed by atoms with Crippen LogP contribution in [-0.4, -0.2) is 24.2 Å². The van der Waals surface area contributed by atoms with Gasteiger partial charge in [-0.2, -0.15) is 5.10 Å². The molecule has 0 aliphatic carbocycles. The van der Waals surface area contributed by atoms with Crippen molar-refractivity contribution in [3.05, 3.63) is 67.7 Å². The van der Waals surface area contributed by atoms with E-state index >= 15 is 0 Å². The summed E-state index contributed by atoms with van der Waals surface area (Å²) in [5, 5.41) is 15.3. The summed E-state index contributed by atoms with van der Waals surface area (Å²) in [4.78, 5) is 22.3. The Morgan fingerprint density at radius 2 is 2.04 bits per heavy atom. The van der Waals surface area contributed by atoms with Gasteiger partial charge in [0.15, 0.2) is 0 Å². The van der Waals surface area contributed by atoms with Crippen molar-refractivity contribution in [2.24, 2.45) is 5.10 Å². The molecule has 0 spiro atoms. The number of nitro benzene ring substituents is 1. The molecule has 0 fully saturated rings. The predicted octanol–water partition coefficient (Wildman–Crippen LogP) is 3.67. The second-order valence-electron chi connectivity index (χ2n) is 4.48. The second-order valence-corrected chi connectivity index (χ2v) is 5.33. The summed E-state index contributed by atoms with van der Waals surface area (Å²) in [7, 11) is 1.43. The molecule has 0 aromatic heterocycles. The molecule has 1 amide bonds. The molecule has 124 valence electrons. The zero-order valence-corrected chi connectivity index (χ0v) is 13.8. The van der Waals surface area contributed by atoms with Crippen LogP contribution in [0.4, 0.5) is 5.69 Å². The lowest BCUT2D eigenvalue weighted by Crippen LogP contribution is -2.19. The predicted molar refractivity (Wildman–Crippen MR) is 91.2 cm³/mol. The van der Waals surface area contributed by atoms with E-state index in [4.69, 9.17) is 27.9 Å². The lowest BCUT2D eigenvalue weighted by atomic mass is 10.2. The van der Waals surface area contributed by atoms with Crippen LogP contribution in [0.15, 0.2) is 41.5 Å². The number of nitro groups is 1. The van der Waals surface area contributed by atoms with Crippen molar-refractivity contribution in [2.75, 3.05) is 7.11 Å². The molecule has 9 heteroatoms.